The van der Waals surface area contributed by atoms with E-state index in [9.17, 15) is 4.79 Å². The van der Waals surface area contributed by atoms with Crippen LogP contribution in [0.2, 0.25) is 0 Å². The summed E-state index contributed by atoms with van der Waals surface area (Å²) in [7, 11) is 0. The molecule has 1 aromatic heterocycles. The first kappa shape index (κ1) is 12.8. The van der Waals surface area contributed by atoms with Crippen molar-refractivity contribution >= 4 is 12.2 Å². The molecule has 90 valence electrons. The predicted molar refractivity (Wildman–Crippen MR) is 66.0 cm³/mol. The van der Waals surface area contributed by atoms with E-state index in [4.69, 9.17) is 4.42 Å². The second kappa shape index (κ2) is 5.73. The fourth-order valence-corrected chi connectivity index (χ4v) is 1.71. The third-order valence-electron chi connectivity index (χ3n) is 2.21. The van der Waals surface area contributed by atoms with Crippen molar-refractivity contribution in [3.8, 4) is 0 Å². The molecule has 3 heteroatoms. The molecule has 0 bridgehead atoms. The monoisotopic (exact) mass is 223 g/mol. The Morgan fingerprint density at radius 1 is 1.19 bits per heavy atom. The summed E-state index contributed by atoms with van der Waals surface area (Å²) in [6.45, 7) is 10.6. The van der Waals surface area contributed by atoms with Crippen molar-refractivity contribution in [1.29, 1.82) is 0 Å². The summed E-state index contributed by atoms with van der Waals surface area (Å²) >= 11 is 0. The van der Waals surface area contributed by atoms with Gasteiger partial charge in [-0.25, -0.2) is 0 Å². The van der Waals surface area contributed by atoms with Gasteiger partial charge in [0.25, 0.3) is 0 Å². The quantitative estimate of drug-likeness (QED) is 0.694. The number of aldehydes is 1. The summed E-state index contributed by atoms with van der Waals surface area (Å²) in [5, 5.41) is 0. The Morgan fingerprint density at radius 3 is 2.12 bits per heavy atom. The maximum absolute atomic E-state index is 10.6. The highest BCUT2D eigenvalue weighted by Crippen LogP contribution is 2.20. The smallest absolute Gasteiger partial charge is 0.196 e. The summed E-state index contributed by atoms with van der Waals surface area (Å²) in [5.41, 5.74) is 0. The molecular formula is C13H21NO2. The lowest BCUT2D eigenvalue weighted by atomic mass is 10.1. The molecule has 0 radical (unpaired) electrons. The largest absolute Gasteiger partial charge is 0.438 e. The summed E-state index contributed by atoms with van der Waals surface area (Å²) in [4.78, 5) is 12.8. The van der Waals surface area contributed by atoms with Crippen LogP contribution in [-0.2, 0) is 0 Å². The van der Waals surface area contributed by atoms with E-state index in [1.165, 1.54) is 0 Å². The minimum Gasteiger partial charge on any atom is -0.438 e. The molecule has 0 atom stereocenters. The molecule has 0 amide bonds. The van der Waals surface area contributed by atoms with Gasteiger partial charge in [0.2, 0.25) is 0 Å². The predicted octanol–water partition coefficient (Wildman–Crippen LogP) is 3.21. The Bertz CT molecular complexity index is 318. The molecule has 0 saturated heterocycles. The lowest BCUT2D eigenvalue weighted by molar-refractivity contribution is 0.110. The Balaban J connectivity index is 2.77. The number of carbonyl (C=O) groups is 1. The number of hydrogen-bond acceptors (Lipinski definition) is 3. The van der Waals surface area contributed by atoms with Crippen molar-refractivity contribution in [2.75, 3.05) is 18.0 Å². The number of furan rings is 1. The fraction of sp³-hybridized carbons (Fsp3) is 0.615. The van der Waals surface area contributed by atoms with Crippen molar-refractivity contribution in [2.45, 2.75) is 27.7 Å². The van der Waals surface area contributed by atoms with Crippen molar-refractivity contribution in [3.63, 3.8) is 0 Å². The molecular weight excluding hydrogens is 202 g/mol. The van der Waals surface area contributed by atoms with Crippen LogP contribution in [0.4, 0.5) is 5.88 Å². The van der Waals surface area contributed by atoms with E-state index >= 15 is 0 Å². The maximum Gasteiger partial charge on any atom is 0.196 e. The number of anilines is 1. The summed E-state index contributed by atoms with van der Waals surface area (Å²) in [6, 6.07) is 3.59. The Morgan fingerprint density at radius 2 is 1.75 bits per heavy atom. The van der Waals surface area contributed by atoms with E-state index in [0.717, 1.165) is 25.3 Å². The highest BCUT2D eigenvalue weighted by atomic mass is 16.4. The van der Waals surface area contributed by atoms with Crippen LogP contribution in [0.25, 0.3) is 0 Å². The lowest BCUT2D eigenvalue weighted by Crippen LogP contribution is -2.30. The van der Waals surface area contributed by atoms with Gasteiger partial charge in [0.15, 0.2) is 17.9 Å². The van der Waals surface area contributed by atoms with Crippen LogP contribution >= 0.6 is 0 Å². The van der Waals surface area contributed by atoms with Gasteiger partial charge in [-0.3, -0.25) is 4.79 Å². The number of hydrogen-bond donors (Lipinski definition) is 0. The van der Waals surface area contributed by atoms with Gasteiger partial charge >= 0.3 is 0 Å². The van der Waals surface area contributed by atoms with E-state index in [2.05, 4.69) is 32.6 Å². The summed E-state index contributed by atoms with van der Waals surface area (Å²) in [6.07, 6.45) is 0.742. The zero-order valence-corrected chi connectivity index (χ0v) is 10.6. The Labute approximate surface area is 97.4 Å². The average Bonchev–Trinajstić information content (AvgIpc) is 2.63. The minimum absolute atomic E-state index is 0.396. The number of nitrogens with zero attached hydrogens (tertiary/aromatic N) is 1. The molecule has 1 aromatic rings. The fourth-order valence-electron chi connectivity index (χ4n) is 1.71. The molecule has 0 unspecified atom stereocenters. The van der Waals surface area contributed by atoms with Crippen molar-refractivity contribution < 1.29 is 9.21 Å². The van der Waals surface area contributed by atoms with Gasteiger partial charge in [-0.15, -0.1) is 0 Å². The van der Waals surface area contributed by atoms with E-state index in [0.29, 0.717) is 17.6 Å². The molecule has 0 aliphatic carbocycles. The molecule has 1 heterocycles. The van der Waals surface area contributed by atoms with Crippen molar-refractivity contribution in [2.24, 2.45) is 11.8 Å². The van der Waals surface area contributed by atoms with Crippen LogP contribution in [0.15, 0.2) is 16.5 Å². The molecule has 16 heavy (non-hydrogen) atoms. The highest BCUT2D eigenvalue weighted by molar-refractivity contribution is 5.71. The van der Waals surface area contributed by atoms with E-state index in [1.807, 2.05) is 6.07 Å². The Hall–Kier alpha value is -1.25. The van der Waals surface area contributed by atoms with Crippen LogP contribution in [0.1, 0.15) is 38.2 Å². The molecule has 1 rings (SSSR count). The zero-order chi connectivity index (χ0) is 12.1. The van der Waals surface area contributed by atoms with Crippen molar-refractivity contribution in [1.82, 2.24) is 0 Å². The Kier molecular flexibility index (Phi) is 4.59. The SMILES string of the molecule is CC(C)CN(CC(C)C)c1ccc(C=O)o1. The molecule has 0 N–H and O–H groups in total. The third kappa shape index (κ3) is 3.72. The van der Waals surface area contributed by atoms with Gasteiger partial charge in [-0.1, -0.05) is 27.7 Å². The first-order valence-electron chi connectivity index (χ1n) is 5.83. The van der Waals surface area contributed by atoms with Crippen LogP contribution in [-0.4, -0.2) is 19.4 Å². The van der Waals surface area contributed by atoms with Gasteiger partial charge in [0, 0.05) is 19.2 Å². The standard InChI is InChI=1S/C13H21NO2/c1-10(2)7-14(8-11(3)4)13-6-5-12(9-15)16-13/h5-6,9-11H,7-8H2,1-4H3. The molecule has 0 saturated carbocycles. The van der Waals surface area contributed by atoms with Gasteiger partial charge < -0.3 is 9.32 Å². The van der Waals surface area contributed by atoms with Gasteiger partial charge in [0.05, 0.1) is 0 Å². The molecule has 0 aliphatic rings. The maximum atomic E-state index is 10.6. The second-order valence-corrected chi connectivity index (χ2v) is 4.99. The van der Waals surface area contributed by atoms with E-state index < -0.39 is 0 Å². The molecule has 3 nitrogen and oxygen atoms in total. The van der Waals surface area contributed by atoms with E-state index in [1.54, 1.807) is 6.07 Å². The van der Waals surface area contributed by atoms with Gasteiger partial charge in [-0.2, -0.15) is 0 Å². The van der Waals surface area contributed by atoms with Crippen molar-refractivity contribution in [3.05, 3.63) is 17.9 Å². The first-order valence-corrected chi connectivity index (χ1v) is 5.83. The second-order valence-electron chi connectivity index (χ2n) is 4.99. The van der Waals surface area contributed by atoms with Gasteiger partial charge in [0.1, 0.15) is 0 Å². The minimum atomic E-state index is 0.396. The van der Waals surface area contributed by atoms with Crippen LogP contribution in [0.3, 0.4) is 0 Å². The van der Waals surface area contributed by atoms with E-state index in [-0.39, 0.29) is 0 Å². The number of rotatable bonds is 6. The molecule has 0 spiro atoms. The molecule has 0 fully saturated rings. The molecule has 0 aromatic carbocycles. The van der Waals surface area contributed by atoms with Crippen LogP contribution < -0.4 is 4.90 Å². The van der Waals surface area contributed by atoms with Crippen LogP contribution in [0, 0.1) is 11.8 Å². The summed E-state index contributed by atoms with van der Waals surface area (Å²) in [5.74, 6) is 2.34. The van der Waals surface area contributed by atoms with Gasteiger partial charge in [-0.05, 0) is 17.9 Å². The van der Waals surface area contributed by atoms with Crippen LogP contribution in [0.5, 0.6) is 0 Å². The normalized spacial score (nSPS) is 11.1. The first-order chi connectivity index (χ1) is 7.52. The summed E-state index contributed by atoms with van der Waals surface area (Å²) < 4.78 is 5.45. The number of carbonyl (C=O) groups excluding carboxylic acids is 1. The average molecular weight is 223 g/mol. The third-order valence-corrected chi connectivity index (χ3v) is 2.21. The lowest BCUT2D eigenvalue weighted by Gasteiger charge is -2.25. The zero-order valence-electron chi connectivity index (χ0n) is 10.6. The molecule has 0 aliphatic heterocycles. The topological polar surface area (TPSA) is 33.5 Å². The highest BCUT2D eigenvalue weighted by Gasteiger charge is 2.13.